The molecule has 8 heteroatoms. The highest BCUT2D eigenvalue weighted by atomic mass is 16.4. The van der Waals surface area contributed by atoms with E-state index < -0.39 is 11.9 Å². The van der Waals surface area contributed by atoms with Crippen molar-refractivity contribution in [3.8, 4) is 0 Å². The van der Waals surface area contributed by atoms with Crippen LogP contribution in [0.25, 0.3) is 0 Å². The lowest BCUT2D eigenvalue weighted by Crippen LogP contribution is -2.59. The highest BCUT2D eigenvalue weighted by molar-refractivity contribution is 5.66. The molecule has 0 spiro atoms. The fraction of sp³-hybridized carbons (Fsp3) is 0.933. The number of aliphatic hydroxyl groups excluding tert-OH is 2. The first-order chi connectivity index (χ1) is 17.1. The predicted molar refractivity (Wildman–Crippen MR) is 155 cm³/mol. The molecule has 0 aromatic rings. The first-order valence-electron chi connectivity index (χ1n) is 14.4. The van der Waals surface area contributed by atoms with Crippen molar-refractivity contribution in [3.05, 3.63) is 0 Å². The van der Waals surface area contributed by atoms with Gasteiger partial charge in [-0.05, 0) is 108 Å². The van der Waals surface area contributed by atoms with Gasteiger partial charge < -0.3 is 20.4 Å². The molecule has 0 radical (unpaired) electrons. The van der Waals surface area contributed by atoms with Crippen molar-refractivity contribution in [3.63, 3.8) is 0 Å². The van der Waals surface area contributed by atoms with E-state index in [0.29, 0.717) is 0 Å². The molecule has 0 aromatic carbocycles. The van der Waals surface area contributed by atoms with Crippen molar-refractivity contribution in [2.75, 3.05) is 14.1 Å². The number of aliphatic carboxylic acids is 2. The Labute approximate surface area is 232 Å². The molecular weight excluding hydrogens is 484 g/mol. The van der Waals surface area contributed by atoms with E-state index in [1.54, 1.807) is 0 Å². The number of carboxylic acids is 2. The van der Waals surface area contributed by atoms with Crippen LogP contribution in [-0.4, -0.2) is 90.6 Å². The van der Waals surface area contributed by atoms with E-state index >= 15 is 0 Å². The first kappa shape index (κ1) is 36.8. The van der Waals surface area contributed by atoms with Crippen molar-refractivity contribution in [1.82, 2.24) is 9.80 Å². The van der Waals surface area contributed by atoms with Crippen LogP contribution in [0.3, 0.4) is 0 Å². The zero-order valence-corrected chi connectivity index (χ0v) is 26.1. The van der Waals surface area contributed by atoms with Gasteiger partial charge in [-0.2, -0.15) is 0 Å². The highest BCUT2D eigenvalue weighted by Crippen LogP contribution is 2.37. The van der Waals surface area contributed by atoms with Crippen molar-refractivity contribution >= 4 is 11.9 Å². The molecule has 38 heavy (non-hydrogen) atoms. The average Bonchev–Trinajstić information content (AvgIpc) is 2.71. The summed E-state index contributed by atoms with van der Waals surface area (Å²) < 4.78 is 0. The summed E-state index contributed by atoms with van der Waals surface area (Å²) >= 11 is 0. The Morgan fingerprint density at radius 1 is 0.553 bits per heavy atom. The Morgan fingerprint density at radius 3 is 0.974 bits per heavy atom. The molecule has 0 bridgehead atoms. The van der Waals surface area contributed by atoms with Gasteiger partial charge in [0.05, 0.1) is 12.2 Å². The van der Waals surface area contributed by atoms with E-state index in [1.165, 1.54) is 0 Å². The van der Waals surface area contributed by atoms with Crippen LogP contribution < -0.4 is 0 Å². The summed E-state index contributed by atoms with van der Waals surface area (Å²) in [6, 6.07) is 0. The fourth-order valence-electron chi connectivity index (χ4n) is 5.90. The lowest BCUT2D eigenvalue weighted by molar-refractivity contribution is -0.138. The van der Waals surface area contributed by atoms with E-state index in [4.69, 9.17) is 10.2 Å². The Kier molecular flexibility index (Phi) is 15.0. The van der Waals surface area contributed by atoms with Crippen molar-refractivity contribution < 1.29 is 30.0 Å². The number of piperidine rings is 2. The monoisotopic (exact) mass is 544 g/mol. The Hall–Kier alpha value is -1.22. The summed E-state index contributed by atoms with van der Waals surface area (Å²) in [5.74, 6) is -1.48. The number of carbonyl (C=O) groups is 2. The largest absolute Gasteiger partial charge is 0.481 e. The van der Waals surface area contributed by atoms with Crippen LogP contribution in [0.5, 0.6) is 0 Å². The highest BCUT2D eigenvalue weighted by Gasteiger charge is 2.43. The summed E-state index contributed by atoms with van der Waals surface area (Å²) in [5, 5.41) is 36.0. The molecule has 2 rings (SSSR count). The maximum absolute atomic E-state index is 10.1. The number of hydrogen-bond donors (Lipinski definition) is 4. The number of nitrogens with zero attached hydrogens (tertiary/aromatic N) is 2. The summed E-state index contributed by atoms with van der Waals surface area (Å²) in [7, 11) is 4.29. The van der Waals surface area contributed by atoms with E-state index in [9.17, 15) is 19.8 Å². The van der Waals surface area contributed by atoms with Crippen molar-refractivity contribution in [1.29, 1.82) is 0 Å². The summed E-state index contributed by atoms with van der Waals surface area (Å²) in [5.41, 5.74) is 0.505. The van der Waals surface area contributed by atoms with Gasteiger partial charge >= 0.3 is 11.9 Å². The smallest absolute Gasteiger partial charge is 0.303 e. The molecule has 2 heterocycles. The number of likely N-dealkylation sites (tertiary alicyclic amines) is 2. The lowest BCUT2D eigenvalue weighted by atomic mass is 9.79. The number of hydrogen-bond acceptors (Lipinski definition) is 6. The predicted octanol–water partition coefficient (Wildman–Crippen LogP) is 5.54. The topological polar surface area (TPSA) is 122 Å². The van der Waals surface area contributed by atoms with Gasteiger partial charge in [0.25, 0.3) is 0 Å². The molecule has 0 aromatic heterocycles. The fourth-order valence-corrected chi connectivity index (χ4v) is 5.90. The zero-order chi connectivity index (χ0) is 29.9. The molecule has 2 aliphatic rings. The maximum atomic E-state index is 10.1. The molecular formula is C30H60N2O6. The van der Waals surface area contributed by atoms with E-state index in [2.05, 4.69) is 79.3 Å². The van der Waals surface area contributed by atoms with Gasteiger partial charge in [-0.15, -0.1) is 0 Å². The molecule has 0 saturated carbocycles. The second-order valence-corrected chi connectivity index (χ2v) is 13.9. The first-order valence-corrected chi connectivity index (χ1v) is 14.4. The average molecular weight is 545 g/mol. The van der Waals surface area contributed by atoms with Gasteiger partial charge in [0, 0.05) is 35.0 Å². The molecule has 8 nitrogen and oxygen atoms in total. The Bertz CT molecular complexity index is 624. The maximum Gasteiger partial charge on any atom is 0.303 e. The van der Waals surface area contributed by atoms with Gasteiger partial charge in [0.15, 0.2) is 0 Å². The van der Waals surface area contributed by atoms with Crippen molar-refractivity contribution in [2.24, 2.45) is 0 Å². The minimum atomic E-state index is -0.740. The van der Waals surface area contributed by atoms with Gasteiger partial charge in [0.2, 0.25) is 0 Å². The van der Waals surface area contributed by atoms with Crippen molar-refractivity contribution in [2.45, 2.75) is 167 Å². The third-order valence-corrected chi connectivity index (χ3v) is 8.60. The molecule has 0 aliphatic carbocycles. The quantitative estimate of drug-likeness (QED) is 0.279. The summed E-state index contributed by atoms with van der Waals surface area (Å²) in [4.78, 5) is 25.0. The third-order valence-electron chi connectivity index (χ3n) is 8.60. The van der Waals surface area contributed by atoms with E-state index in [0.717, 1.165) is 64.2 Å². The van der Waals surface area contributed by atoms with Crippen LogP contribution in [0.4, 0.5) is 0 Å². The Balaban J connectivity index is 0.000000542. The molecule has 4 N–H and O–H groups in total. The van der Waals surface area contributed by atoms with Crippen LogP contribution in [0.15, 0.2) is 0 Å². The molecule has 0 amide bonds. The summed E-state index contributed by atoms with van der Waals surface area (Å²) in [6.45, 7) is 17.5. The minimum Gasteiger partial charge on any atom is -0.481 e. The standard InChI is InChI=1S/2C10H21NO.C10H18O4/c2*1-9(2)6-8(12)7-10(3,4)11(9)5;11-9(12)7-5-3-1-2-4-6-8-10(13)14/h2*8,12H,6-7H2,1-5H3;1-8H2,(H,11,12)(H,13,14). The second-order valence-electron chi connectivity index (χ2n) is 13.9. The van der Waals surface area contributed by atoms with Gasteiger partial charge in [-0.1, -0.05) is 25.7 Å². The van der Waals surface area contributed by atoms with Crippen LogP contribution >= 0.6 is 0 Å². The van der Waals surface area contributed by atoms with E-state index in [-0.39, 0.29) is 47.2 Å². The Morgan fingerprint density at radius 2 is 0.763 bits per heavy atom. The van der Waals surface area contributed by atoms with Gasteiger partial charge in [0.1, 0.15) is 0 Å². The van der Waals surface area contributed by atoms with Crippen LogP contribution in [-0.2, 0) is 9.59 Å². The molecule has 0 unspecified atom stereocenters. The third kappa shape index (κ3) is 13.7. The van der Waals surface area contributed by atoms with E-state index in [1.807, 2.05) is 0 Å². The van der Waals surface area contributed by atoms with Gasteiger partial charge in [-0.3, -0.25) is 19.4 Å². The van der Waals surface area contributed by atoms with Crippen LogP contribution in [0.2, 0.25) is 0 Å². The number of unbranched alkanes of at least 4 members (excludes halogenated alkanes) is 5. The minimum absolute atomic E-state index is 0.126. The SMILES string of the molecule is CN1C(C)(C)CC(O)CC1(C)C.CN1C(C)(C)CC(O)CC1(C)C.O=C(O)CCCCCCCCC(=O)O. The van der Waals surface area contributed by atoms with Crippen LogP contribution in [0, 0.1) is 0 Å². The molecule has 226 valence electrons. The number of aliphatic hydroxyl groups is 2. The lowest BCUT2D eigenvalue weighted by Gasteiger charge is -2.52. The number of carboxylic acid groups (broad SMARTS) is 2. The zero-order valence-electron chi connectivity index (χ0n) is 26.1. The number of rotatable bonds is 9. The molecule has 2 saturated heterocycles. The molecule has 0 atom stereocenters. The molecule has 2 aliphatic heterocycles. The van der Waals surface area contributed by atoms with Gasteiger partial charge in [-0.25, -0.2) is 0 Å². The van der Waals surface area contributed by atoms with Crippen LogP contribution in [0.1, 0.15) is 132 Å². The molecule has 2 fully saturated rings. The second kappa shape index (κ2) is 15.5. The summed E-state index contributed by atoms with van der Waals surface area (Å²) in [6.07, 6.45) is 9.09. The normalized spacial score (nSPS) is 22.9.